The van der Waals surface area contributed by atoms with E-state index in [2.05, 4.69) is 15.5 Å². The number of nitrogens with one attached hydrogen (secondary N) is 1. The number of rotatable bonds is 5. The molecule has 1 saturated heterocycles. The van der Waals surface area contributed by atoms with Crippen molar-refractivity contribution in [1.82, 2.24) is 20.4 Å². The van der Waals surface area contributed by atoms with Crippen molar-refractivity contribution in [2.24, 2.45) is 0 Å². The molecule has 1 amide bonds. The summed E-state index contributed by atoms with van der Waals surface area (Å²) in [5, 5.41) is 7.34. The molecule has 0 unspecified atom stereocenters. The van der Waals surface area contributed by atoms with Crippen LogP contribution in [0.3, 0.4) is 0 Å². The van der Waals surface area contributed by atoms with Crippen molar-refractivity contribution in [3.63, 3.8) is 0 Å². The maximum atomic E-state index is 11.7. The molecule has 122 valence electrons. The fraction of sp³-hybridized carbons (Fsp3) is 0.438. The van der Waals surface area contributed by atoms with Crippen LogP contribution < -0.4 is 5.32 Å². The summed E-state index contributed by atoms with van der Waals surface area (Å²) in [7, 11) is 0. The van der Waals surface area contributed by atoms with Gasteiger partial charge in [-0.1, -0.05) is 23.4 Å². The second-order valence-corrected chi connectivity index (χ2v) is 5.39. The van der Waals surface area contributed by atoms with Crippen molar-refractivity contribution in [2.75, 3.05) is 19.7 Å². The van der Waals surface area contributed by atoms with Crippen molar-refractivity contribution >= 4 is 6.09 Å². The molecule has 0 saturated carbocycles. The van der Waals surface area contributed by atoms with Crippen molar-refractivity contribution < 1.29 is 14.1 Å². The lowest BCUT2D eigenvalue weighted by Crippen LogP contribution is -2.35. The molecule has 2 aromatic rings. The zero-order valence-electron chi connectivity index (χ0n) is 13.1. The largest absolute Gasteiger partial charge is 0.450 e. The molecule has 1 aliphatic heterocycles. The molecule has 2 heterocycles. The van der Waals surface area contributed by atoms with Crippen molar-refractivity contribution in [3.8, 4) is 11.5 Å². The summed E-state index contributed by atoms with van der Waals surface area (Å²) in [5.74, 6) is 1.13. The third-order valence-corrected chi connectivity index (χ3v) is 3.75. The SMILES string of the molecule is CCOC(=O)N1CC[C@@H](NCc2noc(-c3ccccc3)n2)C1. The molecule has 1 aliphatic rings. The first-order valence-corrected chi connectivity index (χ1v) is 7.79. The van der Waals surface area contributed by atoms with Gasteiger partial charge in [0.05, 0.1) is 13.2 Å². The Morgan fingerprint density at radius 3 is 3.04 bits per heavy atom. The Morgan fingerprint density at radius 1 is 1.43 bits per heavy atom. The summed E-state index contributed by atoms with van der Waals surface area (Å²) in [5.41, 5.74) is 0.903. The van der Waals surface area contributed by atoms with Gasteiger partial charge in [0, 0.05) is 24.7 Å². The van der Waals surface area contributed by atoms with Crippen molar-refractivity contribution in [1.29, 1.82) is 0 Å². The van der Waals surface area contributed by atoms with Crippen LogP contribution in [0.5, 0.6) is 0 Å². The van der Waals surface area contributed by atoms with Gasteiger partial charge in [-0.3, -0.25) is 0 Å². The van der Waals surface area contributed by atoms with Gasteiger partial charge in [-0.2, -0.15) is 4.98 Å². The Kier molecular flexibility index (Phi) is 4.87. The van der Waals surface area contributed by atoms with Crippen LogP contribution in [-0.4, -0.2) is 46.9 Å². The second kappa shape index (κ2) is 7.23. The molecule has 0 bridgehead atoms. The first-order valence-electron chi connectivity index (χ1n) is 7.79. The van der Waals surface area contributed by atoms with E-state index in [0.29, 0.717) is 38.0 Å². The Morgan fingerprint density at radius 2 is 2.26 bits per heavy atom. The minimum atomic E-state index is -0.247. The van der Waals surface area contributed by atoms with E-state index >= 15 is 0 Å². The van der Waals surface area contributed by atoms with Gasteiger partial charge in [-0.05, 0) is 25.5 Å². The third kappa shape index (κ3) is 3.87. The molecule has 1 aromatic heterocycles. The average molecular weight is 316 g/mol. The lowest BCUT2D eigenvalue weighted by Gasteiger charge is -2.15. The fourth-order valence-electron chi connectivity index (χ4n) is 2.57. The van der Waals surface area contributed by atoms with E-state index in [0.717, 1.165) is 12.0 Å². The minimum Gasteiger partial charge on any atom is -0.450 e. The molecule has 0 spiro atoms. The van der Waals surface area contributed by atoms with E-state index in [1.807, 2.05) is 37.3 Å². The van der Waals surface area contributed by atoms with Gasteiger partial charge in [-0.15, -0.1) is 0 Å². The van der Waals surface area contributed by atoms with Gasteiger partial charge in [0.1, 0.15) is 0 Å². The first kappa shape index (κ1) is 15.5. The molecule has 7 nitrogen and oxygen atoms in total. The third-order valence-electron chi connectivity index (χ3n) is 3.75. The second-order valence-electron chi connectivity index (χ2n) is 5.39. The van der Waals surface area contributed by atoms with E-state index in [9.17, 15) is 4.79 Å². The molecule has 1 atom stereocenters. The van der Waals surface area contributed by atoms with E-state index in [1.54, 1.807) is 4.90 Å². The van der Waals surface area contributed by atoms with Crippen LogP contribution in [0.4, 0.5) is 4.79 Å². The highest BCUT2D eigenvalue weighted by Gasteiger charge is 2.26. The molecular formula is C16H20N4O3. The number of carbonyl (C=O) groups is 1. The maximum Gasteiger partial charge on any atom is 0.409 e. The Balaban J connectivity index is 1.50. The van der Waals surface area contributed by atoms with E-state index < -0.39 is 0 Å². The maximum absolute atomic E-state index is 11.7. The molecule has 23 heavy (non-hydrogen) atoms. The average Bonchev–Trinajstić information content (AvgIpc) is 3.23. The smallest absolute Gasteiger partial charge is 0.409 e. The highest BCUT2D eigenvalue weighted by molar-refractivity contribution is 5.68. The zero-order chi connectivity index (χ0) is 16.1. The summed E-state index contributed by atoms with van der Waals surface area (Å²) in [6.07, 6.45) is 0.644. The summed E-state index contributed by atoms with van der Waals surface area (Å²) >= 11 is 0. The summed E-state index contributed by atoms with van der Waals surface area (Å²) < 4.78 is 10.3. The van der Waals surface area contributed by atoms with E-state index in [1.165, 1.54) is 0 Å². The van der Waals surface area contributed by atoms with Crippen LogP contribution in [0.25, 0.3) is 11.5 Å². The molecule has 1 aromatic carbocycles. The molecule has 3 rings (SSSR count). The summed E-state index contributed by atoms with van der Waals surface area (Å²) in [4.78, 5) is 17.8. The highest BCUT2D eigenvalue weighted by Crippen LogP contribution is 2.16. The van der Waals surface area contributed by atoms with Gasteiger partial charge in [0.2, 0.25) is 0 Å². The summed E-state index contributed by atoms with van der Waals surface area (Å²) in [6.45, 7) is 4.07. The molecule has 1 N–H and O–H groups in total. The van der Waals surface area contributed by atoms with Crippen LogP contribution in [-0.2, 0) is 11.3 Å². The number of hydrogen-bond donors (Lipinski definition) is 1. The highest BCUT2D eigenvalue weighted by atomic mass is 16.6. The molecule has 0 aliphatic carbocycles. The molecular weight excluding hydrogens is 296 g/mol. The monoisotopic (exact) mass is 316 g/mol. The van der Waals surface area contributed by atoms with Gasteiger partial charge in [-0.25, -0.2) is 4.79 Å². The number of nitrogens with zero attached hydrogens (tertiary/aromatic N) is 3. The van der Waals surface area contributed by atoms with Gasteiger partial charge < -0.3 is 19.5 Å². The van der Waals surface area contributed by atoms with Crippen LogP contribution in [0, 0.1) is 0 Å². The van der Waals surface area contributed by atoms with Gasteiger partial charge >= 0.3 is 6.09 Å². The lowest BCUT2D eigenvalue weighted by molar-refractivity contribution is 0.115. The fourth-order valence-corrected chi connectivity index (χ4v) is 2.57. The first-order chi connectivity index (χ1) is 11.3. The van der Waals surface area contributed by atoms with Crippen LogP contribution >= 0.6 is 0 Å². The standard InChI is InChI=1S/C16H20N4O3/c1-2-22-16(21)20-9-8-13(11-20)17-10-14-18-15(23-19-14)12-6-4-3-5-7-12/h3-7,13,17H,2,8-11H2,1H3/t13-/m1/s1. The number of amides is 1. The lowest BCUT2D eigenvalue weighted by atomic mass is 10.2. The molecule has 7 heteroatoms. The number of benzene rings is 1. The normalized spacial score (nSPS) is 17.4. The number of carbonyl (C=O) groups excluding carboxylic acids is 1. The zero-order valence-corrected chi connectivity index (χ0v) is 13.1. The Labute approximate surface area is 134 Å². The van der Waals surface area contributed by atoms with E-state index in [4.69, 9.17) is 9.26 Å². The number of ether oxygens (including phenoxy) is 1. The predicted molar refractivity (Wildman–Crippen MR) is 83.6 cm³/mol. The van der Waals surface area contributed by atoms with Crippen LogP contribution in [0.15, 0.2) is 34.9 Å². The van der Waals surface area contributed by atoms with Crippen LogP contribution in [0.2, 0.25) is 0 Å². The van der Waals surface area contributed by atoms with Crippen molar-refractivity contribution in [2.45, 2.75) is 25.9 Å². The van der Waals surface area contributed by atoms with Crippen molar-refractivity contribution in [3.05, 3.63) is 36.2 Å². The van der Waals surface area contributed by atoms with Gasteiger partial charge in [0.25, 0.3) is 5.89 Å². The molecule has 0 radical (unpaired) electrons. The molecule has 1 fully saturated rings. The number of aromatic nitrogens is 2. The van der Waals surface area contributed by atoms with Gasteiger partial charge in [0.15, 0.2) is 5.82 Å². The summed E-state index contributed by atoms with van der Waals surface area (Å²) in [6, 6.07) is 9.88. The number of hydrogen-bond acceptors (Lipinski definition) is 6. The number of likely N-dealkylation sites (tertiary alicyclic amines) is 1. The topological polar surface area (TPSA) is 80.5 Å². The Bertz CT molecular complexity index is 644. The quantitative estimate of drug-likeness (QED) is 0.909. The predicted octanol–water partition coefficient (Wildman–Crippen LogP) is 2.06. The minimum absolute atomic E-state index is 0.220. The van der Waals surface area contributed by atoms with E-state index in [-0.39, 0.29) is 12.1 Å². The van der Waals surface area contributed by atoms with Crippen LogP contribution in [0.1, 0.15) is 19.2 Å². The Hall–Kier alpha value is -2.41.